The molecule has 2 amide bonds. The van der Waals surface area contributed by atoms with E-state index in [-0.39, 0.29) is 12.3 Å². The highest BCUT2D eigenvalue weighted by atomic mass is 16.5. The van der Waals surface area contributed by atoms with Crippen LogP contribution in [0.25, 0.3) is 0 Å². The van der Waals surface area contributed by atoms with Crippen LogP contribution in [0, 0.1) is 19.8 Å². The van der Waals surface area contributed by atoms with Gasteiger partial charge in [0.05, 0.1) is 5.92 Å². The monoisotopic (exact) mass is 394 g/mol. The number of benzene rings is 2. The highest BCUT2D eigenvalue weighted by molar-refractivity contribution is 5.96. The molecule has 0 saturated carbocycles. The van der Waals surface area contributed by atoms with Crippen LogP contribution in [-0.4, -0.2) is 35.3 Å². The van der Waals surface area contributed by atoms with Crippen molar-refractivity contribution in [3.63, 3.8) is 0 Å². The van der Waals surface area contributed by atoms with Crippen LogP contribution < -0.4 is 5.32 Å². The Morgan fingerprint density at radius 2 is 1.90 bits per heavy atom. The van der Waals surface area contributed by atoms with Gasteiger partial charge >= 0.3 is 5.97 Å². The van der Waals surface area contributed by atoms with Crippen LogP contribution in [0.15, 0.2) is 48.5 Å². The molecule has 2 atom stereocenters. The van der Waals surface area contributed by atoms with Gasteiger partial charge in [0, 0.05) is 25.2 Å². The average molecular weight is 394 g/mol. The maximum atomic E-state index is 12.5. The number of nitrogens with zero attached hydrogens (tertiary/aromatic N) is 1. The molecule has 29 heavy (non-hydrogen) atoms. The molecule has 1 fully saturated rings. The number of anilines is 1. The third kappa shape index (κ3) is 5.22. The van der Waals surface area contributed by atoms with Gasteiger partial charge in [0.25, 0.3) is 5.91 Å². The van der Waals surface area contributed by atoms with E-state index >= 15 is 0 Å². The Kier molecular flexibility index (Phi) is 6.32. The zero-order valence-electron chi connectivity index (χ0n) is 17.0. The van der Waals surface area contributed by atoms with Crippen molar-refractivity contribution in [2.75, 3.05) is 11.9 Å². The van der Waals surface area contributed by atoms with Gasteiger partial charge in [0.2, 0.25) is 5.91 Å². The minimum absolute atomic E-state index is 0.0804. The predicted molar refractivity (Wildman–Crippen MR) is 110 cm³/mol. The minimum Gasteiger partial charge on any atom is -0.452 e. The molecule has 0 spiro atoms. The fourth-order valence-corrected chi connectivity index (χ4v) is 3.40. The van der Waals surface area contributed by atoms with Crippen LogP contribution in [0.4, 0.5) is 5.69 Å². The molecular formula is C23H26N2O4. The molecule has 0 bridgehead atoms. The maximum absolute atomic E-state index is 12.5. The van der Waals surface area contributed by atoms with Crippen molar-refractivity contribution in [2.24, 2.45) is 5.92 Å². The molecule has 1 aliphatic rings. The van der Waals surface area contributed by atoms with Gasteiger partial charge in [-0.1, -0.05) is 48.0 Å². The molecular weight excluding hydrogens is 368 g/mol. The van der Waals surface area contributed by atoms with Crippen molar-refractivity contribution >= 4 is 23.5 Å². The van der Waals surface area contributed by atoms with E-state index in [1.165, 1.54) is 6.92 Å². The van der Waals surface area contributed by atoms with Crippen LogP contribution in [0.2, 0.25) is 0 Å². The highest BCUT2D eigenvalue weighted by Crippen LogP contribution is 2.22. The summed E-state index contributed by atoms with van der Waals surface area (Å²) in [6.45, 7) is 6.19. The summed E-state index contributed by atoms with van der Waals surface area (Å²) in [5.74, 6) is -1.54. The van der Waals surface area contributed by atoms with Gasteiger partial charge < -0.3 is 15.0 Å². The zero-order valence-corrected chi connectivity index (χ0v) is 17.0. The number of nitrogens with one attached hydrogen (secondary N) is 1. The summed E-state index contributed by atoms with van der Waals surface area (Å²) >= 11 is 0. The molecule has 0 aliphatic carbocycles. The van der Waals surface area contributed by atoms with Gasteiger partial charge in [0.1, 0.15) is 0 Å². The predicted octanol–water partition coefficient (Wildman–Crippen LogP) is 3.22. The lowest BCUT2D eigenvalue weighted by Crippen LogP contribution is -2.33. The lowest BCUT2D eigenvalue weighted by Gasteiger charge is -2.18. The van der Waals surface area contributed by atoms with Crippen molar-refractivity contribution in [1.29, 1.82) is 0 Å². The van der Waals surface area contributed by atoms with Gasteiger partial charge in [-0.15, -0.1) is 0 Å². The first kappa shape index (κ1) is 20.6. The summed E-state index contributed by atoms with van der Waals surface area (Å²) < 4.78 is 5.35. The first-order valence-electron chi connectivity index (χ1n) is 9.74. The minimum atomic E-state index is -0.943. The van der Waals surface area contributed by atoms with Gasteiger partial charge in [-0.3, -0.25) is 14.4 Å². The Morgan fingerprint density at radius 3 is 2.59 bits per heavy atom. The number of carbonyl (C=O) groups excluding carboxylic acids is 3. The molecule has 6 nitrogen and oxygen atoms in total. The van der Waals surface area contributed by atoms with E-state index in [2.05, 4.69) is 5.32 Å². The van der Waals surface area contributed by atoms with Crippen LogP contribution in [-0.2, 0) is 25.7 Å². The first-order valence-corrected chi connectivity index (χ1v) is 9.74. The van der Waals surface area contributed by atoms with E-state index in [4.69, 9.17) is 4.74 Å². The lowest BCUT2D eigenvalue weighted by molar-refractivity contribution is -0.157. The second kappa shape index (κ2) is 8.90. The van der Waals surface area contributed by atoms with Crippen molar-refractivity contribution in [3.8, 4) is 0 Å². The number of rotatable bonds is 6. The summed E-state index contributed by atoms with van der Waals surface area (Å²) in [4.78, 5) is 38.8. The normalized spacial score (nSPS) is 17.1. The summed E-state index contributed by atoms with van der Waals surface area (Å²) in [7, 11) is 0. The van der Waals surface area contributed by atoms with Crippen molar-refractivity contribution in [1.82, 2.24) is 4.90 Å². The van der Waals surface area contributed by atoms with E-state index in [0.29, 0.717) is 18.8 Å². The third-order valence-electron chi connectivity index (χ3n) is 5.07. The van der Waals surface area contributed by atoms with Gasteiger partial charge in [0.15, 0.2) is 6.10 Å². The number of hydrogen-bond donors (Lipinski definition) is 1. The highest BCUT2D eigenvalue weighted by Gasteiger charge is 2.36. The largest absolute Gasteiger partial charge is 0.452 e. The van der Waals surface area contributed by atoms with E-state index in [1.54, 1.807) is 4.90 Å². The quantitative estimate of drug-likeness (QED) is 0.764. The number of likely N-dealkylation sites (tertiary alicyclic amines) is 1. The molecule has 2 aromatic rings. The first-order chi connectivity index (χ1) is 13.8. The zero-order chi connectivity index (χ0) is 21.0. The van der Waals surface area contributed by atoms with Crippen molar-refractivity contribution in [3.05, 3.63) is 65.2 Å². The smallest absolute Gasteiger partial charge is 0.312 e. The SMILES string of the molecule is Cc1ccc(NC(=O)[C@@H](C)OC(=O)[C@@H]2CC(=O)N(Cc3ccccc3)C2)c(C)c1. The fraction of sp³-hybridized carbons (Fsp3) is 0.348. The Bertz CT molecular complexity index is 910. The molecule has 0 unspecified atom stereocenters. The molecule has 1 N–H and O–H groups in total. The molecule has 0 radical (unpaired) electrons. The summed E-state index contributed by atoms with van der Waals surface area (Å²) in [5.41, 5.74) is 3.74. The molecule has 6 heteroatoms. The van der Waals surface area contributed by atoms with Crippen LogP contribution in [0.5, 0.6) is 0 Å². The fourth-order valence-electron chi connectivity index (χ4n) is 3.40. The molecule has 0 aromatic heterocycles. The Hall–Kier alpha value is -3.15. The Balaban J connectivity index is 1.54. The Labute approximate surface area is 170 Å². The van der Waals surface area contributed by atoms with Crippen LogP contribution >= 0.6 is 0 Å². The maximum Gasteiger partial charge on any atom is 0.312 e. The number of carbonyl (C=O) groups is 3. The summed E-state index contributed by atoms with van der Waals surface area (Å²) in [6, 6.07) is 15.3. The Morgan fingerprint density at radius 1 is 1.17 bits per heavy atom. The molecule has 152 valence electrons. The van der Waals surface area contributed by atoms with E-state index in [9.17, 15) is 14.4 Å². The van der Waals surface area contributed by atoms with E-state index in [1.807, 2.05) is 62.4 Å². The number of amides is 2. The standard InChI is InChI=1S/C23H26N2O4/c1-15-9-10-20(16(2)11-15)24-22(27)17(3)29-23(28)19-12-21(26)25(14-19)13-18-7-5-4-6-8-18/h4-11,17,19H,12-14H2,1-3H3,(H,24,27)/t17-,19-/m1/s1. The number of hydrogen-bond acceptors (Lipinski definition) is 4. The van der Waals surface area contributed by atoms with E-state index < -0.39 is 23.9 Å². The second-order valence-corrected chi connectivity index (χ2v) is 7.55. The lowest BCUT2D eigenvalue weighted by atomic mass is 10.1. The molecule has 3 rings (SSSR count). The molecule has 1 heterocycles. The van der Waals surface area contributed by atoms with Crippen LogP contribution in [0.3, 0.4) is 0 Å². The molecule has 1 aliphatic heterocycles. The van der Waals surface area contributed by atoms with Gasteiger partial charge in [-0.05, 0) is 38.0 Å². The number of aryl methyl sites for hydroxylation is 2. The average Bonchev–Trinajstić information content (AvgIpc) is 3.05. The molecule has 1 saturated heterocycles. The second-order valence-electron chi connectivity index (χ2n) is 7.55. The van der Waals surface area contributed by atoms with Crippen LogP contribution in [0.1, 0.15) is 30.0 Å². The van der Waals surface area contributed by atoms with E-state index in [0.717, 1.165) is 16.7 Å². The number of ether oxygens (including phenoxy) is 1. The summed E-state index contributed by atoms with van der Waals surface area (Å²) in [6.07, 6.45) is -0.835. The topological polar surface area (TPSA) is 75.7 Å². The van der Waals surface area contributed by atoms with Gasteiger partial charge in [-0.25, -0.2) is 0 Å². The third-order valence-corrected chi connectivity index (χ3v) is 5.07. The van der Waals surface area contributed by atoms with Gasteiger partial charge in [-0.2, -0.15) is 0 Å². The van der Waals surface area contributed by atoms with Crippen molar-refractivity contribution in [2.45, 2.75) is 39.8 Å². The molecule has 2 aromatic carbocycles. The van der Waals surface area contributed by atoms with Crippen molar-refractivity contribution < 1.29 is 19.1 Å². The number of esters is 1. The summed E-state index contributed by atoms with van der Waals surface area (Å²) in [5, 5.41) is 2.79.